The van der Waals surface area contributed by atoms with Gasteiger partial charge in [0.15, 0.2) is 11.4 Å². The Morgan fingerprint density at radius 1 is 0.852 bits per heavy atom. The average molecular weight is 392 g/mol. The van der Waals surface area contributed by atoms with Gasteiger partial charge in [0.05, 0.1) is 6.54 Å². The first kappa shape index (κ1) is 20.8. The SMILES string of the molecule is CCC[N+](C(=O)O)(c1ccccc1C(F)(F)F)c1ccccc1C(F)(F)F. The Bertz CT molecular complexity index is 772. The molecule has 1 N–H and O–H groups in total. The van der Waals surface area contributed by atoms with Gasteiger partial charge in [0.2, 0.25) is 0 Å². The highest BCUT2D eigenvalue weighted by molar-refractivity contribution is 5.91. The van der Waals surface area contributed by atoms with E-state index in [2.05, 4.69) is 0 Å². The minimum Gasteiger partial charge on any atom is -0.435 e. The Labute approximate surface area is 151 Å². The Kier molecular flexibility index (Phi) is 5.55. The van der Waals surface area contributed by atoms with Crippen LogP contribution >= 0.6 is 0 Å². The number of amides is 1. The quantitative estimate of drug-likeness (QED) is 0.480. The summed E-state index contributed by atoms with van der Waals surface area (Å²) in [7, 11) is 0. The second-order valence-electron chi connectivity index (χ2n) is 5.85. The van der Waals surface area contributed by atoms with Gasteiger partial charge in [0.1, 0.15) is 11.1 Å². The molecular weight excluding hydrogens is 376 g/mol. The summed E-state index contributed by atoms with van der Waals surface area (Å²) in [6.45, 7) is 0.998. The van der Waals surface area contributed by atoms with E-state index in [4.69, 9.17) is 0 Å². The summed E-state index contributed by atoms with van der Waals surface area (Å²) in [6.07, 6.45) is -11.7. The van der Waals surface area contributed by atoms with Crippen molar-refractivity contribution >= 4 is 17.5 Å². The van der Waals surface area contributed by atoms with Gasteiger partial charge in [-0.2, -0.15) is 35.6 Å². The molecule has 0 radical (unpaired) electrons. The lowest BCUT2D eigenvalue weighted by Gasteiger charge is -2.34. The number of halogens is 6. The van der Waals surface area contributed by atoms with Crippen LogP contribution in [0.4, 0.5) is 42.5 Å². The number of quaternary nitrogens is 1. The van der Waals surface area contributed by atoms with Crippen LogP contribution in [0.15, 0.2) is 48.5 Å². The van der Waals surface area contributed by atoms with Crippen molar-refractivity contribution in [1.29, 1.82) is 0 Å². The van der Waals surface area contributed by atoms with Gasteiger partial charge in [-0.25, -0.2) is 0 Å². The van der Waals surface area contributed by atoms with Crippen molar-refractivity contribution in [3.05, 3.63) is 59.7 Å². The molecule has 2 rings (SSSR count). The maximum Gasteiger partial charge on any atom is 0.524 e. The van der Waals surface area contributed by atoms with Gasteiger partial charge in [-0.1, -0.05) is 31.2 Å². The van der Waals surface area contributed by atoms with E-state index >= 15 is 0 Å². The van der Waals surface area contributed by atoms with Crippen molar-refractivity contribution in [3.63, 3.8) is 0 Å². The molecule has 0 heterocycles. The van der Waals surface area contributed by atoms with Crippen LogP contribution in [0.2, 0.25) is 0 Å². The molecule has 1 amide bonds. The van der Waals surface area contributed by atoms with Gasteiger partial charge >= 0.3 is 18.4 Å². The first-order valence-corrected chi connectivity index (χ1v) is 7.91. The van der Waals surface area contributed by atoms with Crippen LogP contribution in [-0.4, -0.2) is 17.7 Å². The molecule has 0 spiro atoms. The molecule has 146 valence electrons. The molecule has 0 saturated carbocycles. The van der Waals surface area contributed by atoms with E-state index in [-0.39, 0.29) is 6.42 Å². The molecule has 2 aromatic carbocycles. The standard InChI is InChI=1S/C18H15F6NO2/c1-2-11-25(16(26)27,14-9-5-3-7-12(14)17(19,20)21)15-10-6-4-8-13(15)18(22,23)24/h3-10H,2,11H2,1H3/p+1. The third-order valence-corrected chi connectivity index (χ3v) is 4.13. The zero-order chi connectivity index (χ0) is 20.5. The molecule has 0 unspecified atom stereocenters. The highest BCUT2D eigenvalue weighted by Crippen LogP contribution is 2.48. The Morgan fingerprint density at radius 2 is 1.22 bits per heavy atom. The van der Waals surface area contributed by atoms with E-state index in [0.29, 0.717) is 12.1 Å². The van der Waals surface area contributed by atoms with Gasteiger partial charge < -0.3 is 5.11 Å². The summed E-state index contributed by atoms with van der Waals surface area (Å²) in [4.78, 5) is 12.2. The van der Waals surface area contributed by atoms with Crippen molar-refractivity contribution in [2.75, 3.05) is 6.54 Å². The molecule has 9 heteroatoms. The molecule has 0 fully saturated rings. The highest BCUT2D eigenvalue weighted by atomic mass is 19.4. The van der Waals surface area contributed by atoms with Gasteiger partial charge in [-0.3, -0.25) is 0 Å². The average Bonchev–Trinajstić information content (AvgIpc) is 2.58. The van der Waals surface area contributed by atoms with E-state index in [1.165, 1.54) is 19.1 Å². The summed E-state index contributed by atoms with van der Waals surface area (Å²) in [6, 6.07) is 7.60. The molecule has 0 aliphatic carbocycles. The van der Waals surface area contributed by atoms with Crippen LogP contribution in [0.1, 0.15) is 24.5 Å². The topological polar surface area (TPSA) is 37.3 Å². The van der Waals surface area contributed by atoms with Gasteiger partial charge in [-0.15, -0.1) is 0 Å². The zero-order valence-corrected chi connectivity index (χ0v) is 14.1. The molecule has 0 bridgehead atoms. The summed E-state index contributed by atoms with van der Waals surface area (Å²) in [5.41, 5.74) is -4.12. The number of nitrogens with zero attached hydrogens (tertiary/aromatic N) is 1. The van der Waals surface area contributed by atoms with Gasteiger partial charge in [0, 0.05) is 12.1 Å². The number of carboxylic acid groups (broad SMARTS) is 1. The third-order valence-electron chi connectivity index (χ3n) is 4.13. The summed E-state index contributed by atoms with van der Waals surface area (Å²) in [5, 5.41) is 9.88. The molecular formula is C18H16F6NO2+. The second-order valence-corrected chi connectivity index (χ2v) is 5.85. The predicted molar refractivity (Wildman–Crippen MR) is 87.5 cm³/mol. The molecule has 2 aromatic rings. The molecule has 0 aromatic heterocycles. The molecule has 0 atom stereocenters. The Balaban J connectivity index is 2.97. The normalized spacial score (nSPS) is 12.9. The number of benzene rings is 2. The van der Waals surface area contributed by atoms with Gasteiger partial charge in [-0.05, 0) is 18.6 Å². The fourth-order valence-electron chi connectivity index (χ4n) is 3.10. The van der Waals surface area contributed by atoms with Gasteiger partial charge in [0.25, 0.3) is 0 Å². The highest BCUT2D eigenvalue weighted by Gasteiger charge is 2.52. The lowest BCUT2D eigenvalue weighted by atomic mass is 10.0. The zero-order valence-electron chi connectivity index (χ0n) is 14.1. The number of carbonyl (C=O) groups is 1. The first-order valence-electron chi connectivity index (χ1n) is 7.91. The van der Waals surface area contributed by atoms with Crippen LogP contribution < -0.4 is 4.48 Å². The van der Waals surface area contributed by atoms with Crippen molar-refractivity contribution in [1.82, 2.24) is 4.48 Å². The van der Waals surface area contributed by atoms with E-state index in [9.17, 15) is 36.2 Å². The van der Waals surface area contributed by atoms with E-state index in [1.807, 2.05) is 0 Å². The van der Waals surface area contributed by atoms with Crippen molar-refractivity contribution in [3.8, 4) is 0 Å². The maximum absolute atomic E-state index is 13.5. The second kappa shape index (κ2) is 7.22. The largest absolute Gasteiger partial charge is 0.524 e. The van der Waals surface area contributed by atoms with E-state index in [1.54, 1.807) is 0 Å². The summed E-state index contributed by atoms with van der Waals surface area (Å²) < 4.78 is 79.4. The first-order chi connectivity index (χ1) is 12.5. The van der Waals surface area contributed by atoms with Crippen molar-refractivity contribution in [2.45, 2.75) is 25.7 Å². The van der Waals surface area contributed by atoms with E-state index in [0.717, 1.165) is 24.3 Å². The third kappa shape index (κ3) is 3.78. The number of alkyl halides is 6. The monoisotopic (exact) mass is 392 g/mol. The van der Waals surface area contributed by atoms with Crippen LogP contribution in [0.25, 0.3) is 0 Å². The number of rotatable bonds is 4. The smallest absolute Gasteiger partial charge is 0.435 e. The lowest BCUT2D eigenvalue weighted by molar-refractivity contribution is -0.138. The van der Waals surface area contributed by atoms with Crippen LogP contribution in [-0.2, 0) is 12.4 Å². The van der Waals surface area contributed by atoms with Crippen LogP contribution in [0.5, 0.6) is 0 Å². The van der Waals surface area contributed by atoms with Crippen LogP contribution in [0, 0.1) is 0 Å². The Morgan fingerprint density at radius 3 is 1.52 bits per heavy atom. The van der Waals surface area contributed by atoms with Crippen molar-refractivity contribution in [2.24, 2.45) is 0 Å². The fraction of sp³-hybridized carbons (Fsp3) is 0.278. The molecule has 3 nitrogen and oxygen atoms in total. The predicted octanol–water partition coefficient (Wildman–Crippen LogP) is 6.45. The lowest BCUT2D eigenvalue weighted by Crippen LogP contribution is -2.51. The molecule has 0 aliphatic heterocycles. The Hall–Kier alpha value is -2.55. The molecule has 0 saturated heterocycles. The van der Waals surface area contributed by atoms with Crippen molar-refractivity contribution < 1.29 is 36.2 Å². The summed E-state index contributed by atoms with van der Waals surface area (Å²) in [5.74, 6) is 0. The summed E-state index contributed by atoms with van der Waals surface area (Å²) >= 11 is 0. The van der Waals surface area contributed by atoms with Crippen LogP contribution in [0.3, 0.4) is 0 Å². The number of para-hydroxylation sites is 2. The number of hydrogen-bond donors (Lipinski definition) is 1. The minimum absolute atomic E-state index is 0.0324. The maximum atomic E-state index is 13.5. The molecule has 0 aliphatic rings. The fourth-order valence-corrected chi connectivity index (χ4v) is 3.10. The number of hydrogen-bond acceptors (Lipinski definition) is 1. The minimum atomic E-state index is -4.93. The van der Waals surface area contributed by atoms with E-state index < -0.39 is 52.0 Å². The molecule has 27 heavy (non-hydrogen) atoms.